The van der Waals surface area contributed by atoms with Crippen molar-refractivity contribution in [3.63, 3.8) is 0 Å². The summed E-state index contributed by atoms with van der Waals surface area (Å²) in [6.45, 7) is 8.89. The smallest absolute Gasteiger partial charge is 0.296 e. The van der Waals surface area contributed by atoms with Gasteiger partial charge in [-0.25, -0.2) is 9.97 Å². The number of nitrogens with zero attached hydrogens (tertiary/aromatic N) is 3. The number of hydrogen-bond donors (Lipinski definition) is 0. The van der Waals surface area contributed by atoms with Crippen LogP contribution in [0.25, 0.3) is 22.2 Å². The van der Waals surface area contributed by atoms with Crippen LogP contribution in [0, 0.1) is 0 Å². The number of aromatic nitrogens is 3. The summed E-state index contributed by atoms with van der Waals surface area (Å²) in [7, 11) is 1.67. The molecule has 0 saturated heterocycles. The van der Waals surface area contributed by atoms with Gasteiger partial charge in [-0.1, -0.05) is 13.8 Å². The molecule has 0 fully saturated rings. The Morgan fingerprint density at radius 1 is 1.29 bits per heavy atom. The summed E-state index contributed by atoms with van der Waals surface area (Å²) in [4.78, 5) is 21.5. The minimum Gasteiger partial charge on any atom is -0.430 e. The molecule has 0 radical (unpaired) electrons. The van der Waals surface area contributed by atoms with Gasteiger partial charge < -0.3 is 9.15 Å². The molecule has 126 valence electrons. The standard InChI is InChI=1S/C18H21N3O3/c1-9(2)13-11-7-23-18(3,4)6-10(11)12-14-15(24-16(12)20-13)17(22)21(5)8-19-14/h8-9H,6-7H2,1-5H3. The molecule has 0 spiro atoms. The Morgan fingerprint density at radius 3 is 2.75 bits per heavy atom. The third-order valence-corrected chi connectivity index (χ3v) is 4.69. The van der Waals surface area contributed by atoms with E-state index in [4.69, 9.17) is 14.1 Å². The Bertz CT molecular complexity index is 1030. The van der Waals surface area contributed by atoms with Crippen LogP contribution in [0.3, 0.4) is 0 Å². The van der Waals surface area contributed by atoms with Gasteiger partial charge in [-0.05, 0) is 25.3 Å². The highest BCUT2D eigenvalue weighted by Gasteiger charge is 2.32. The van der Waals surface area contributed by atoms with Crippen molar-refractivity contribution >= 4 is 22.2 Å². The third kappa shape index (κ3) is 2.09. The van der Waals surface area contributed by atoms with Gasteiger partial charge in [0, 0.05) is 19.0 Å². The van der Waals surface area contributed by atoms with E-state index in [2.05, 4.69) is 32.7 Å². The maximum absolute atomic E-state index is 12.4. The van der Waals surface area contributed by atoms with Crippen molar-refractivity contribution in [1.29, 1.82) is 0 Å². The van der Waals surface area contributed by atoms with Crippen LogP contribution < -0.4 is 5.56 Å². The first kappa shape index (κ1) is 15.3. The van der Waals surface area contributed by atoms with Gasteiger partial charge in [0.05, 0.1) is 29.6 Å². The van der Waals surface area contributed by atoms with Crippen LogP contribution >= 0.6 is 0 Å². The van der Waals surface area contributed by atoms with Gasteiger partial charge in [0.2, 0.25) is 11.3 Å². The molecular weight excluding hydrogens is 306 g/mol. The number of aryl methyl sites for hydroxylation is 1. The molecule has 24 heavy (non-hydrogen) atoms. The summed E-state index contributed by atoms with van der Waals surface area (Å²) >= 11 is 0. The van der Waals surface area contributed by atoms with Crippen LogP contribution in [0.1, 0.15) is 50.4 Å². The molecule has 0 amide bonds. The van der Waals surface area contributed by atoms with Gasteiger partial charge in [-0.15, -0.1) is 0 Å². The second kappa shape index (κ2) is 4.89. The minimum atomic E-state index is -0.265. The first-order chi connectivity index (χ1) is 11.3. The quantitative estimate of drug-likeness (QED) is 0.687. The molecule has 0 unspecified atom stereocenters. The van der Waals surface area contributed by atoms with Gasteiger partial charge in [0.25, 0.3) is 5.56 Å². The van der Waals surface area contributed by atoms with Gasteiger partial charge in [0.1, 0.15) is 5.52 Å². The topological polar surface area (TPSA) is 70.2 Å². The lowest BCUT2D eigenvalue weighted by molar-refractivity contribution is -0.0402. The van der Waals surface area contributed by atoms with Crippen molar-refractivity contribution in [2.24, 2.45) is 7.05 Å². The second-order valence-corrected chi connectivity index (χ2v) is 7.45. The Hall–Kier alpha value is -2.21. The van der Waals surface area contributed by atoms with Crippen LogP contribution in [0.15, 0.2) is 15.5 Å². The molecule has 0 aromatic carbocycles. The summed E-state index contributed by atoms with van der Waals surface area (Å²) < 4.78 is 13.3. The summed E-state index contributed by atoms with van der Waals surface area (Å²) in [5, 5.41) is 0.860. The predicted octanol–water partition coefficient (Wildman–Crippen LogP) is 3.05. The number of fused-ring (bicyclic) bond motifs is 5. The van der Waals surface area contributed by atoms with Crippen LogP contribution in [-0.4, -0.2) is 20.1 Å². The number of rotatable bonds is 1. The zero-order valence-electron chi connectivity index (χ0n) is 14.6. The lowest BCUT2D eigenvalue weighted by Gasteiger charge is -2.33. The highest BCUT2D eigenvalue weighted by Crippen LogP contribution is 2.39. The van der Waals surface area contributed by atoms with E-state index in [1.165, 1.54) is 10.9 Å². The van der Waals surface area contributed by atoms with Crippen molar-refractivity contribution in [2.75, 3.05) is 0 Å². The van der Waals surface area contributed by atoms with E-state index in [1.807, 2.05) is 0 Å². The molecule has 1 aliphatic rings. The zero-order chi connectivity index (χ0) is 17.2. The highest BCUT2D eigenvalue weighted by atomic mass is 16.5. The van der Waals surface area contributed by atoms with E-state index >= 15 is 0 Å². The average Bonchev–Trinajstić information content (AvgIpc) is 2.88. The Kier molecular flexibility index (Phi) is 3.12. The van der Waals surface area contributed by atoms with Gasteiger partial charge in [0.15, 0.2) is 0 Å². The second-order valence-electron chi connectivity index (χ2n) is 7.45. The molecule has 1 aliphatic heterocycles. The van der Waals surface area contributed by atoms with Crippen LogP contribution in [-0.2, 0) is 24.8 Å². The molecule has 4 rings (SSSR count). The molecule has 0 bridgehead atoms. The number of hydrogen-bond acceptors (Lipinski definition) is 5. The predicted molar refractivity (Wildman–Crippen MR) is 91.2 cm³/mol. The number of pyridine rings is 1. The van der Waals surface area contributed by atoms with Gasteiger partial charge in [-0.3, -0.25) is 9.36 Å². The van der Waals surface area contributed by atoms with Crippen molar-refractivity contribution in [3.8, 4) is 0 Å². The van der Waals surface area contributed by atoms with E-state index in [-0.39, 0.29) is 22.7 Å². The molecule has 3 aromatic heterocycles. The van der Waals surface area contributed by atoms with Crippen molar-refractivity contribution in [2.45, 2.75) is 52.2 Å². The number of furan rings is 1. The Morgan fingerprint density at radius 2 is 2.04 bits per heavy atom. The van der Waals surface area contributed by atoms with Gasteiger partial charge >= 0.3 is 0 Å². The van der Waals surface area contributed by atoms with Crippen molar-refractivity contribution < 1.29 is 9.15 Å². The maximum Gasteiger partial charge on any atom is 0.296 e. The summed E-state index contributed by atoms with van der Waals surface area (Å²) in [6.07, 6.45) is 2.28. The first-order valence-electron chi connectivity index (χ1n) is 8.22. The summed E-state index contributed by atoms with van der Waals surface area (Å²) in [5.41, 5.74) is 4.16. The van der Waals surface area contributed by atoms with Crippen LogP contribution in [0.4, 0.5) is 0 Å². The monoisotopic (exact) mass is 327 g/mol. The minimum absolute atomic E-state index is 0.191. The molecule has 0 aliphatic carbocycles. The van der Waals surface area contributed by atoms with Crippen molar-refractivity contribution in [1.82, 2.24) is 14.5 Å². The Labute approximate surface area is 139 Å². The summed E-state index contributed by atoms with van der Waals surface area (Å²) in [6, 6.07) is 0. The SMILES string of the molecule is CC(C)c1nc2oc3c(=O)n(C)cnc3c2c2c1COC(C)(C)C2. The third-order valence-electron chi connectivity index (χ3n) is 4.69. The molecule has 3 aromatic rings. The maximum atomic E-state index is 12.4. The fourth-order valence-electron chi connectivity index (χ4n) is 3.45. The van der Waals surface area contributed by atoms with Crippen LogP contribution in [0.5, 0.6) is 0 Å². The molecule has 0 saturated carbocycles. The van der Waals surface area contributed by atoms with Crippen LogP contribution in [0.2, 0.25) is 0 Å². The van der Waals surface area contributed by atoms with Gasteiger partial charge in [-0.2, -0.15) is 0 Å². The molecular formula is C18H21N3O3. The average molecular weight is 327 g/mol. The highest BCUT2D eigenvalue weighted by molar-refractivity contribution is 6.03. The van der Waals surface area contributed by atoms with E-state index < -0.39 is 0 Å². The normalized spacial score (nSPS) is 16.9. The summed E-state index contributed by atoms with van der Waals surface area (Å²) in [5.74, 6) is 0.247. The van der Waals surface area contributed by atoms with E-state index in [9.17, 15) is 4.79 Å². The van der Waals surface area contributed by atoms with Crippen molar-refractivity contribution in [3.05, 3.63) is 33.5 Å². The lowest BCUT2D eigenvalue weighted by Crippen LogP contribution is -2.33. The lowest BCUT2D eigenvalue weighted by atomic mass is 9.87. The molecule has 4 heterocycles. The number of ether oxygens (including phenoxy) is 1. The molecule has 6 nitrogen and oxygen atoms in total. The zero-order valence-corrected chi connectivity index (χ0v) is 14.6. The Balaban J connectivity index is 2.17. The van der Waals surface area contributed by atoms with E-state index in [0.717, 1.165) is 28.6 Å². The molecule has 0 N–H and O–H groups in total. The molecule has 6 heteroatoms. The first-order valence-corrected chi connectivity index (χ1v) is 8.22. The van der Waals surface area contributed by atoms with E-state index in [0.29, 0.717) is 17.8 Å². The largest absolute Gasteiger partial charge is 0.430 e. The van der Waals surface area contributed by atoms with E-state index in [1.54, 1.807) is 7.05 Å². The molecule has 0 atom stereocenters. The fraction of sp³-hybridized carbons (Fsp3) is 0.500. The fourth-order valence-corrected chi connectivity index (χ4v) is 3.45.